The molecular formula is C20H23NO4S2. The average molecular weight is 406 g/mol. The Balaban J connectivity index is 1.51. The van der Waals surface area contributed by atoms with Crippen LogP contribution in [-0.4, -0.2) is 38.7 Å². The Morgan fingerprint density at radius 2 is 1.85 bits per heavy atom. The van der Waals surface area contributed by atoms with Gasteiger partial charge in [0.25, 0.3) is 0 Å². The second kappa shape index (κ2) is 7.93. The zero-order valence-corrected chi connectivity index (χ0v) is 16.7. The van der Waals surface area contributed by atoms with Crippen LogP contribution in [0.2, 0.25) is 0 Å². The van der Waals surface area contributed by atoms with Crippen LogP contribution in [0.1, 0.15) is 17.5 Å². The molecule has 0 saturated carbocycles. The second-order valence-electron chi connectivity index (χ2n) is 7.00. The van der Waals surface area contributed by atoms with Gasteiger partial charge in [0.05, 0.1) is 22.9 Å². The molecule has 2 aliphatic heterocycles. The monoisotopic (exact) mass is 405 g/mol. The van der Waals surface area contributed by atoms with E-state index in [1.807, 2.05) is 37.3 Å². The summed E-state index contributed by atoms with van der Waals surface area (Å²) in [7, 11) is -3.59. The number of aryl methyl sites for hydroxylation is 1. The molecule has 2 bridgehead atoms. The number of nitrogens with one attached hydrogen (secondary N) is 1. The van der Waals surface area contributed by atoms with Gasteiger partial charge >= 0.3 is 0 Å². The molecule has 2 aliphatic rings. The molecule has 2 aromatic carbocycles. The molecule has 2 saturated heterocycles. The van der Waals surface area contributed by atoms with Gasteiger partial charge < -0.3 is 9.47 Å². The lowest BCUT2D eigenvalue weighted by atomic mass is 10.1. The van der Waals surface area contributed by atoms with Crippen molar-refractivity contribution in [1.82, 2.24) is 4.72 Å². The molecule has 0 aliphatic carbocycles. The van der Waals surface area contributed by atoms with E-state index in [-0.39, 0.29) is 23.7 Å². The highest BCUT2D eigenvalue weighted by Gasteiger charge is 2.45. The van der Waals surface area contributed by atoms with Crippen molar-refractivity contribution in [3.05, 3.63) is 65.7 Å². The minimum absolute atomic E-state index is 0.0470. The third-order valence-electron chi connectivity index (χ3n) is 4.88. The summed E-state index contributed by atoms with van der Waals surface area (Å²) in [6, 6.07) is 16.8. The van der Waals surface area contributed by atoms with Crippen LogP contribution in [0.5, 0.6) is 0 Å². The zero-order valence-electron chi connectivity index (χ0n) is 15.1. The van der Waals surface area contributed by atoms with E-state index in [4.69, 9.17) is 9.47 Å². The molecule has 4 atom stereocenters. The number of thioether (sulfide) groups is 1. The van der Waals surface area contributed by atoms with Crippen LogP contribution in [0.15, 0.2) is 59.5 Å². The standard InChI is InChI=1S/C20H23NO4S2/c1-14-7-9-17(10-8-14)27(22,23)21-18-11-16-12-24-20(25-16)19(18)26-13-15-5-3-2-4-6-15/h2-10,16,18-21H,11-13H2,1H3/t16-,18-,19+,20+/m0/s1. The zero-order chi connectivity index (χ0) is 18.9. The summed E-state index contributed by atoms with van der Waals surface area (Å²) in [6.07, 6.45) is 0.200. The summed E-state index contributed by atoms with van der Waals surface area (Å²) in [6.45, 7) is 2.46. The summed E-state index contributed by atoms with van der Waals surface area (Å²) < 4.78 is 40.3. The van der Waals surface area contributed by atoms with Gasteiger partial charge in [-0.05, 0) is 31.0 Å². The van der Waals surface area contributed by atoms with E-state index in [0.29, 0.717) is 17.9 Å². The fourth-order valence-electron chi connectivity index (χ4n) is 3.43. The van der Waals surface area contributed by atoms with Gasteiger partial charge in [-0.1, -0.05) is 48.0 Å². The van der Waals surface area contributed by atoms with Crippen LogP contribution in [-0.2, 0) is 25.2 Å². The second-order valence-corrected chi connectivity index (χ2v) is 9.88. The minimum atomic E-state index is -3.59. The van der Waals surface area contributed by atoms with Gasteiger partial charge in [0.2, 0.25) is 10.0 Å². The first-order chi connectivity index (χ1) is 13.0. The van der Waals surface area contributed by atoms with Crippen molar-refractivity contribution in [2.24, 2.45) is 0 Å². The molecule has 4 rings (SSSR count). The normalized spacial score (nSPS) is 27.6. The molecule has 5 nitrogen and oxygen atoms in total. The Bertz CT molecular complexity index is 871. The number of benzene rings is 2. The number of hydrogen-bond acceptors (Lipinski definition) is 5. The van der Waals surface area contributed by atoms with Gasteiger partial charge in [-0.2, -0.15) is 0 Å². The fourth-order valence-corrected chi connectivity index (χ4v) is 6.08. The Labute approximate surface area is 164 Å². The molecule has 2 heterocycles. The van der Waals surface area contributed by atoms with Crippen molar-refractivity contribution < 1.29 is 17.9 Å². The molecule has 144 valence electrons. The molecule has 27 heavy (non-hydrogen) atoms. The Kier molecular flexibility index (Phi) is 5.57. The van der Waals surface area contributed by atoms with Gasteiger partial charge in [-0.15, -0.1) is 11.8 Å². The van der Waals surface area contributed by atoms with Gasteiger partial charge in [0, 0.05) is 11.8 Å². The van der Waals surface area contributed by atoms with E-state index < -0.39 is 10.0 Å². The number of hydrogen-bond donors (Lipinski definition) is 1. The Morgan fingerprint density at radius 3 is 2.59 bits per heavy atom. The third-order valence-corrected chi connectivity index (χ3v) is 7.82. The van der Waals surface area contributed by atoms with E-state index in [1.165, 1.54) is 5.56 Å². The first-order valence-corrected chi connectivity index (χ1v) is 11.6. The van der Waals surface area contributed by atoms with Gasteiger partial charge in [-0.3, -0.25) is 0 Å². The van der Waals surface area contributed by atoms with Crippen molar-refractivity contribution in [2.45, 2.75) is 47.7 Å². The molecular weight excluding hydrogens is 382 g/mol. The largest absolute Gasteiger partial charge is 0.349 e. The molecule has 7 heteroatoms. The van der Waals surface area contributed by atoms with Crippen LogP contribution >= 0.6 is 11.8 Å². The van der Waals surface area contributed by atoms with Crippen molar-refractivity contribution in [2.75, 3.05) is 6.61 Å². The van der Waals surface area contributed by atoms with Gasteiger partial charge in [0.1, 0.15) is 0 Å². The van der Waals surface area contributed by atoms with Crippen LogP contribution in [0.4, 0.5) is 0 Å². The van der Waals surface area contributed by atoms with Crippen molar-refractivity contribution in [3.63, 3.8) is 0 Å². The first kappa shape index (κ1) is 19.0. The van der Waals surface area contributed by atoms with Crippen LogP contribution < -0.4 is 4.72 Å². The maximum Gasteiger partial charge on any atom is 0.240 e. The van der Waals surface area contributed by atoms with Crippen molar-refractivity contribution in [3.8, 4) is 0 Å². The number of fused-ring (bicyclic) bond motifs is 2. The summed E-state index contributed by atoms with van der Waals surface area (Å²) in [4.78, 5) is 0.291. The van der Waals surface area contributed by atoms with E-state index in [1.54, 1.807) is 23.9 Å². The maximum atomic E-state index is 12.9. The van der Waals surface area contributed by atoms with E-state index in [9.17, 15) is 8.42 Å². The number of sulfonamides is 1. The maximum absolute atomic E-state index is 12.9. The smallest absolute Gasteiger partial charge is 0.240 e. The number of ether oxygens (including phenoxy) is 2. The summed E-state index contributed by atoms with van der Waals surface area (Å²) in [5.74, 6) is 0.780. The Morgan fingerprint density at radius 1 is 1.11 bits per heavy atom. The molecule has 0 spiro atoms. The molecule has 0 amide bonds. The third kappa shape index (κ3) is 4.38. The summed E-state index contributed by atoms with van der Waals surface area (Å²) in [5, 5.41) is -0.0934. The highest BCUT2D eigenvalue weighted by molar-refractivity contribution is 7.99. The first-order valence-electron chi connectivity index (χ1n) is 9.03. The predicted octanol–water partition coefficient (Wildman–Crippen LogP) is 3.09. The average Bonchev–Trinajstić information content (AvgIpc) is 3.05. The highest BCUT2D eigenvalue weighted by Crippen LogP contribution is 2.37. The number of rotatable bonds is 6. The van der Waals surface area contributed by atoms with E-state index >= 15 is 0 Å². The topological polar surface area (TPSA) is 64.6 Å². The van der Waals surface area contributed by atoms with Crippen molar-refractivity contribution >= 4 is 21.8 Å². The lowest BCUT2D eigenvalue weighted by Crippen LogP contribution is -2.51. The van der Waals surface area contributed by atoms with E-state index in [0.717, 1.165) is 11.3 Å². The van der Waals surface area contributed by atoms with Gasteiger partial charge in [0.15, 0.2) is 6.29 Å². The molecule has 0 radical (unpaired) electrons. The highest BCUT2D eigenvalue weighted by atomic mass is 32.2. The summed E-state index contributed by atoms with van der Waals surface area (Å²) in [5.41, 5.74) is 2.23. The molecule has 0 aromatic heterocycles. The Hall–Kier alpha value is -1.38. The van der Waals surface area contributed by atoms with Crippen LogP contribution in [0, 0.1) is 6.92 Å². The predicted molar refractivity (Wildman–Crippen MR) is 106 cm³/mol. The molecule has 2 aromatic rings. The van der Waals surface area contributed by atoms with E-state index in [2.05, 4.69) is 16.9 Å². The molecule has 0 unspecified atom stereocenters. The summed E-state index contributed by atoms with van der Waals surface area (Å²) >= 11 is 1.68. The molecule has 1 N–H and O–H groups in total. The molecule has 2 fully saturated rings. The van der Waals surface area contributed by atoms with Crippen LogP contribution in [0.25, 0.3) is 0 Å². The quantitative estimate of drug-likeness (QED) is 0.800. The van der Waals surface area contributed by atoms with Crippen molar-refractivity contribution in [1.29, 1.82) is 0 Å². The lowest BCUT2D eigenvalue weighted by molar-refractivity contribution is -0.0829. The lowest BCUT2D eigenvalue weighted by Gasteiger charge is -2.35. The van der Waals surface area contributed by atoms with Gasteiger partial charge in [-0.25, -0.2) is 13.1 Å². The minimum Gasteiger partial charge on any atom is -0.349 e. The van der Waals surface area contributed by atoms with Crippen LogP contribution in [0.3, 0.4) is 0 Å². The SMILES string of the molecule is Cc1ccc(S(=O)(=O)N[C@H]2C[C@H]3CO[C@H](O3)[C@@H]2SCc2ccccc2)cc1. The fraction of sp³-hybridized carbons (Fsp3) is 0.400.